The minimum absolute atomic E-state index is 0.656. The number of hydrogen-bond acceptors (Lipinski definition) is 0. The summed E-state index contributed by atoms with van der Waals surface area (Å²) in [7, 11) is 0. The Labute approximate surface area is 63.6 Å². The fourth-order valence-electron chi connectivity index (χ4n) is 1.45. The van der Waals surface area contributed by atoms with E-state index in [1.807, 2.05) is 0 Å². The monoisotopic (exact) mass is 136 g/mol. The van der Waals surface area contributed by atoms with Crippen LogP contribution in [0.25, 0.3) is 0 Å². The van der Waals surface area contributed by atoms with Crippen molar-refractivity contribution in [3.8, 4) is 0 Å². The summed E-state index contributed by atoms with van der Waals surface area (Å²) in [6.45, 7) is 8.39. The van der Waals surface area contributed by atoms with Gasteiger partial charge in [-0.2, -0.15) is 0 Å². The summed E-state index contributed by atoms with van der Waals surface area (Å²) in [6.07, 6.45) is 7.13. The molecule has 0 saturated heterocycles. The summed E-state index contributed by atoms with van der Waals surface area (Å²) in [5, 5.41) is 0. The minimum atomic E-state index is 0.656. The maximum atomic E-state index is 3.96. The second-order valence-corrected chi connectivity index (χ2v) is 3.46. The van der Waals surface area contributed by atoms with Gasteiger partial charge in [0, 0.05) is 0 Å². The molecule has 0 N–H and O–H groups in total. The van der Waals surface area contributed by atoms with Gasteiger partial charge in [0.05, 0.1) is 0 Å². The maximum Gasteiger partial charge on any atom is -0.00261 e. The highest BCUT2D eigenvalue weighted by Crippen LogP contribution is 2.26. The Morgan fingerprint density at radius 2 is 2.30 bits per heavy atom. The molecule has 0 unspecified atom stereocenters. The molecule has 0 saturated carbocycles. The molecule has 0 heteroatoms. The first-order valence-corrected chi connectivity index (χ1v) is 4.02. The molecule has 56 valence electrons. The van der Waals surface area contributed by atoms with Crippen LogP contribution in [-0.2, 0) is 0 Å². The number of rotatable bonds is 1. The van der Waals surface area contributed by atoms with Gasteiger partial charge in [-0.05, 0) is 31.6 Å². The van der Waals surface area contributed by atoms with Crippen molar-refractivity contribution in [3.63, 3.8) is 0 Å². The molecular weight excluding hydrogens is 120 g/mol. The van der Waals surface area contributed by atoms with Gasteiger partial charge in [-0.3, -0.25) is 0 Å². The molecule has 0 aliphatic heterocycles. The van der Waals surface area contributed by atoms with E-state index in [0.717, 1.165) is 5.92 Å². The van der Waals surface area contributed by atoms with Crippen LogP contribution in [0.5, 0.6) is 0 Å². The molecule has 0 amide bonds. The summed E-state index contributed by atoms with van der Waals surface area (Å²) in [4.78, 5) is 0. The lowest BCUT2D eigenvalue weighted by Gasteiger charge is -2.21. The van der Waals surface area contributed by atoms with Crippen molar-refractivity contribution in [2.45, 2.75) is 26.7 Å². The smallest absolute Gasteiger partial charge is 0.00261 e. The minimum Gasteiger partial charge on any atom is -0.0995 e. The first-order valence-electron chi connectivity index (χ1n) is 4.02. The molecule has 1 aliphatic rings. The van der Waals surface area contributed by atoms with E-state index in [1.54, 1.807) is 0 Å². The lowest BCUT2D eigenvalue weighted by molar-refractivity contribution is 0.462. The average Bonchev–Trinajstić information content (AvgIpc) is 1.88. The summed E-state index contributed by atoms with van der Waals surface area (Å²) in [5.74, 6) is 1.51. The van der Waals surface area contributed by atoms with Gasteiger partial charge in [-0.15, -0.1) is 0 Å². The Morgan fingerprint density at radius 1 is 1.60 bits per heavy atom. The molecule has 0 fully saturated rings. The fourth-order valence-corrected chi connectivity index (χ4v) is 1.45. The molecule has 0 radical (unpaired) electrons. The van der Waals surface area contributed by atoms with E-state index < -0.39 is 0 Å². The molecule has 0 aromatic rings. The van der Waals surface area contributed by atoms with E-state index in [0.29, 0.717) is 5.92 Å². The van der Waals surface area contributed by atoms with Gasteiger partial charge >= 0.3 is 0 Å². The topological polar surface area (TPSA) is 0 Å². The molecule has 2 atom stereocenters. The van der Waals surface area contributed by atoms with Crippen molar-refractivity contribution in [1.29, 1.82) is 0 Å². The van der Waals surface area contributed by atoms with Crippen LogP contribution in [0.3, 0.4) is 0 Å². The first kappa shape index (κ1) is 7.59. The molecule has 0 spiro atoms. The van der Waals surface area contributed by atoms with Gasteiger partial charge in [-0.25, -0.2) is 0 Å². The fraction of sp³-hybridized carbons (Fsp3) is 0.600. The highest BCUT2D eigenvalue weighted by atomic mass is 14.2. The van der Waals surface area contributed by atoms with Crippen LogP contribution in [0.4, 0.5) is 0 Å². The SMILES string of the molecule is C=C(C)[C@@H]1C=CC[C@H](C)C1. The largest absolute Gasteiger partial charge is 0.0995 e. The van der Waals surface area contributed by atoms with Crippen molar-refractivity contribution in [1.82, 2.24) is 0 Å². The predicted molar refractivity (Wildman–Crippen MR) is 45.8 cm³/mol. The molecule has 0 nitrogen and oxygen atoms in total. The van der Waals surface area contributed by atoms with Gasteiger partial charge in [0.2, 0.25) is 0 Å². The molecule has 1 rings (SSSR count). The van der Waals surface area contributed by atoms with Crippen LogP contribution >= 0.6 is 0 Å². The maximum absolute atomic E-state index is 3.96. The second-order valence-electron chi connectivity index (χ2n) is 3.46. The van der Waals surface area contributed by atoms with Gasteiger partial charge in [-0.1, -0.05) is 31.2 Å². The van der Waals surface area contributed by atoms with E-state index in [4.69, 9.17) is 0 Å². The third kappa shape index (κ3) is 1.73. The van der Waals surface area contributed by atoms with E-state index in [2.05, 4.69) is 32.6 Å². The van der Waals surface area contributed by atoms with E-state index >= 15 is 0 Å². The van der Waals surface area contributed by atoms with Crippen LogP contribution in [0.15, 0.2) is 24.3 Å². The number of hydrogen-bond donors (Lipinski definition) is 0. The lowest BCUT2D eigenvalue weighted by Crippen LogP contribution is -2.08. The van der Waals surface area contributed by atoms with Crippen LogP contribution in [0.2, 0.25) is 0 Å². The summed E-state index contributed by atoms with van der Waals surface area (Å²) >= 11 is 0. The highest BCUT2D eigenvalue weighted by molar-refractivity contribution is 5.09. The van der Waals surface area contributed by atoms with Gasteiger partial charge in [0.15, 0.2) is 0 Å². The standard InChI is InChI=1S/C10H16/c1-8(2)10-6-4-5-9(3)7-10/h4,6,9-10H,1,5,7H2,2-3H3/t9-,10+/m0/s1. The third-order valence-electron chi connectivity index (χ3n) is 2.20. The van der Waals surface area contributed by atoms with Crippen molar-refractivity contribution in [2.75, 3.05) is 0 Å². The third-order valence-corrected chi connectivity index (χ3v) is 2.20. The van der Waals surface area contributed by atoms with Crippen molar-refractivity contribution >= 4 is 0 Å². The molecule has 1 aliphatic carbocycles. The van der Waals surface area contributed by atoms with Crippen molar-refractivity contribution < 1.29 is 0 Å². The van der Waals surface area contributed by atoms with E-state index in [9.17, 15) is 0 Å². The van der Waals surface area contributed by atoms with E-state index in [1.165, 1.54) is 18.4 Å². The van der Waals surface area contributed by atoms with Crippen LogP contribution < -0.4 is 0 Å². The van der Waals surface area contributed by atoms with Crippen molar-refractivity contribution in [3.05, 3.63) is 24.3 Å². The molecule has 10 heavy (non-hydrogen) atoms. The molecule has 0 bridgehead atoms. The van der Waals surface area contributed by atoms with Crippen molar-refractivity contribution in [2.24, 2.45) is 11.8 Å². The Morgan fingerprint density at radius 3 is 2.70 bits per heavy atom. The predicted octanol–water partition coefficient (Wildman–Crippen LogP) is 3.16. The van der Waals surface area contributed by atoms with Gasteiger partial charge in [0.25, 0.3) is 0 Å². The van der Waals surface area contributed by atoms with Gasteiger partial charge < -0.3 is 0 Å². The summed E-state index contributed by atoms with van der Waals surface area (Å²) in [6, 6.07) is 0. The Bertz CT molecular complexity index is 153. The zero-order valence-electron chi connectivity index (χ0n) is 6.93. The summed E-state index contributed by atoms with van der Waals surface area (Å²) < 4.78 is 0. The average molecular weight is 136 g/mol. The quantitative estimate of drug-likeness (QED) is 0.486. The first-order chi connectivity index (χ1) is 4.70. The van der Waals surface area contributed by atoms with E-state index in [-0.39, 0.29) is 0 Å². The zero-order chi connectivity index (χ0) is 7.56. The normalized spacial score (nSPS) is 32.2. The van der Waals surface area contributed by atoms with Crippen LogP contribution in [-0.4, -0.2) is 0 Å². The number of allylic oxidation sites excluding steroid dienone is 3. The highest BCUT2D eigenvalue weighted by Gasteiger charge is 2.13. The van der Waals surface area contributed by atoms with Crippen LogP contribution in [0.1, 0.15) is 26.7 Å². The Kier molecular flexibility index (Phi) is 2.31. The molecule has 0 heterocycles. The lowest BCUT2D eigenvalue weighted by atomic mass is 9.84. The molecule has 0 aromatic carbocycles. The molecular formula is C10H16. The molecule has 0 aromatic heterocycles. The Hall–Kier alpha value is -0.520. The second kappa shape index (κ2) is 3.05. The zero-order valence-corrected chi connectivity index (χ0v) is 6.93. The van der Waals surface area contributed by atoms with Crippen LogP contribution in [0, 0.1) is 11.8 Å². The van der Waals surface area contributed by atoms with Gasteiger partial charge in [0.1, 0.15) is 0 Å². The summed E-state index contributed by atoms with van der Waals surface area (Å²) in [5.41, 5.74) is 1.31. The Balaban J connectivity index is 2.55.